The predicted octanol–water partition coefficient (Wildman–Crippen LogP) is 0.925. The van der Waals surface area contributed by atoms with Gasteiger partial charge in [-0.15, -0.1) is 0 Å². The number of hydrogen-bond donors (Lipinski definition) is 1. The van der Waals surface area contributed by atoms with Crippen molar-refractivity contribution < 1.29 is 14.7 Å². The summed E-state index contributed by atoms with van der Waals surface area (Å²) in [5.41, 5.74) is 0.345. The van der Waals surface area contributed by atoms with Crippen molar-refractivity contribution in [3.05, 3.63) is 44.2 Å². The molecule has 8 nitrogen and oxygen atoms in total. The lowest BCUT2D eigenvalue weighted by molar-refractivity contribution is -0.150. The van der Waals surface area contributed by atoms with Gasteiger partial charge in [-0.05, 0) is 18.5 Å². The zero-order valence-electron chi connectivity index (χ0n) is 16.2. The van der Waals surface area contributed by atoms with Gasteiger partial charge in [-0.2, -0.15) is 5.06 Å². The van der Waals surface area contributed by atoms with Crippen molar-refractivity contribution in [1.82, 2.24) is 14.2 Å². The number of ether oxygens (including phenoxy) is 1. The van der Waals surface area contributed by atoms with Crippen LogP contribution in [0.1, 0.15) is 11.8 Å². The van der Waals surface area contributed by atoms with Crippen molar-refractivity contribution in [3.63, 3.8) is 0 Å². The maximum atomic E-state index is 12.8. The number of rotatable bonds is 7. The van der Waals surface area contributed by atoms with E-state index in [1.807, 2.05) is 0 Å². The van der Waals surface area contributed by atoms with Gasteiger partial charge in [-0.1, -0.05) is 25.7 Å². The molecule has 1 aromatic rings. The normalized spacial score (nSPS) is 20.2. The highest BCUT2D eigenvalue weighted by Crippen LogP contribution is 2.26. The lowest BCUT2D eigenvalue weighted by Crippen LogP contribution is -2.43. The Morgan fingerprint density at radius 2 is 2.08 bits per heavy atom. The molecule has 146 valence electrons. The summed E-state index contributed by atoms with van der Waals surface area (Å²) in [4.78, 5) is 30.9. The maximum Gasteiger partial charge on any atom is 0.335 e. The van der Waals surface area contributed by atoms with Gasteiger partial charge in [0.15, 0.2) is 6.23 Å². The van der Waals surface area contributed by atoms with E-state index in [0.717, 1.165) is 16.2 Å². The van der Waals surface area contributed by atoms with Crippen LogP contribution in [-0.4, -0.2) is 54.2 Å². The Morgan fingerprint density at radius 3 is 2.69 bits per heavy atom. The van der Waals surface area contributed by atoms with E-state index in [4.69, 9.17) is 9.57 Å². The third-order valence-electron chi connectivity index (χ3n) is 4.19. The molecule has 0 amide bonds. The molecule has 1 saturated heterocycles. The van der Waals surface area contributed by atoms with Gasteiger partial charge in [0, 0.05) is 40.0 Å². The zero-order chi connectivity index (χ0) is 19.5. The second-order valence-electron chi connectivity index (χ2n) is 7.79. The van der Waals surface area contributed by atoms with Gasteiger partial charge in [0.1, 0.15) is 6.73 Å². The fourth-order valence-electron chi connectivity index (χ4n) is 2.70. The molecule has 0 aromatic carbocycles. The van der Waals surface area contributed by atoms with Crippen molar-refractivity contribution in [3.8, 4) is 0 Å². The Kier molecular flexibility index (Phi) is 6.75. The minimum Gasteiger partial charge on any atom is -0.392 e. The Labute approximate surface area is 154 Å². The summed E-state index contributed by atoms with van der Waals surface area (Å²) in [6.45, 7) is 9.16. The van der Waals surface area contributed by atoms with Crippen molar-refractivity contribution in [2.75, 3.05) is 26.8 Å². The molecule has 9 heteroatoms. The number of aliphatic hydroxyl groups excluding tert-OH is 1. The van der Waals surface area contributed by atoms with Gasteiger partial charge < -0.3 is 9.84 Å². The van der Waals surface area contributed by atoms with Gasteiger partial charge in [0.05, 0.1) is 6.61 Å². The van der Waals surface area contributed by atoms with Gasteiger partial charge in [-0.3, -0.25) is 14.2 Å². The van der Waals surface area contributed by atoms with Gasteiger partial charge >= 0.3 is 5.69 Å². The monoisotopic (exact) mass is 383 g/mol. The van der Waals surface area contributed by atoms with Crippen LogP contribution in [0.15, 0.2) is 27.4 Å². The van der Waals surface area contributed by atoms with Gasteiger partial charge in [0.25, 0.3) is 5.56 Å². The van der Waals surface area contributed by atoms with E-state index in [-0.39, 0.29) is 18.9 Å². The van der Waals surface area contributed by atoms with Crippen LogP contribution in [0, 0.1) is 6.92 Å². The van der Waals surface area contributed by atoms with E-state index >= 15 is 0 Å². The highest BCUT2D eigenvalue weighted by atomic mass is 28.3. The number of aryl methyl sites for hydroxylation is 1. The van der Waals surface area contributed by atoms with Crippen molar-refractivity contribution >= 4 is 8.07 Å². The van der Waals surface area contributed by atoms with Crippen LogP contribution < -0.4 is 11.2 Å². The molecule has 1 aliphatic heterocycles. The summed E-state index contributed by atoms with van der Waals surface area (Å²) in [5, 5.41) is 10.8. The number of aromatic nitrogens is 2. The van der Waals surface area contributed by atoms with Crippen LogP contribution in [0.4, 0.5) is 0 Å². The lowest BCUT2D eigenvalue weighted by Gasteiger charge is -2.19. The Hall–Kier alpha value is -1.52. The number of hydroxylamine groups is 2. The summed E-state index contributed by atoms with van der Waals surface area (Å²) in [6, 6.07) is 0.960. The van der Waals surface area contributed by atoms with Crippen LogP contribution in [0.5, 0.6) is 0 Å². The summed E-state index contributed by atoms with van der Waals surface area (Å²) >= 11 is 0. The SMILES string of the molecule is Cc1cn(C2ON(C)C/C2=C/CO)c(=O)n(COCC[Si](C)(C)C)c1=O. The molecular formula is C17H29N3O5Si. The summed E-state index contributed by atoms with van der Waals surface area (Å²) < 4.78 is 8.08. The molecular weight excluding hydrogens is 354 g/mol. The quantitative estimate of drug-likeness (QED) is 0.428. The van der Waals surface area contributed by atoms with Crippen molar-refractivity contribution in [2.24, 2.45) is 0 Å². The second kappa shape index (κ2) is 8.44. The van der Waals surface area contributed by atoms with Gasteiger partial charge in [-0.25, -0.2) is 9.36 Å². The van der Waals surface area contributed by atoms with Crippen LogP contribution in [0.3, 0.4) is 0 Å². The first kappa shape index (κ1) is 20.8. The summed E-state index contributed by atoms with van der Waals surface area (Å²) in [5.74, 6) is 0. The first-order valence-corrected chi connectivity index (χ1v) is 12.4. The van der Waals surface area contributed by atoms with Crippen LogP contribution in [0.25, 0.3) is 0 Å². The van der Waals surface area contributed by atoms with Crippen molar-refractivity contribution in [1.29, 1.82) is 0 Å². The Bertz CT molecular complexity index is 778. The number of aliphatic hydroxyl groups is 1. The number of nitrogens with zero attached hydrogens (tertiary/aromatic N) is 3. The highest BCUT2D eigenvalue weighted by Gasteiger charge is 2.29. The predicted molar refractivity (Wildman–Crippen MR) is 102 cm³/mol. The smallest absolute Gasteiger partial charge is 0.335 e. The molecule has 2 rings (SSSR count). The molecule has 1 fully saturated rings. The third-order valence-corrected chi connectivity index (χ3v) is 5.90. The Morgan fingerprint density at radius 1 is 1.38 bits per heavy atom. The van der Waals surface area contributed by atoms with E-state index in [1.54, 1.807) is 25.1 Å². The van der Waals surface area contributed by atoms with Crippen LogP contribution in [0.2, 0.25) is 25.7 Å². The zero-order valence-corrected chi connectivity index (χ0v) is 17.2. The minimum atomic E-state index is -1.24. The molecule has 0 aliphatic carbocycles. The maximum absolute atomic E-state index is 12.8. The second-order valence-corrected chi connectivity index (χ2v) is 13.4. The minimum absolute atomic E-state index is 0.0779. The fourth-order valence-corrected chi connectivity index (χ4v) is 3.45. The highest BCUT2D eigenvalue weighted by molar-refractivity contribution is 6.76. The topological polar surface area (TPSA) is 85.9 Å². The van der Waals surface area contributed by atoms with Gasteiger partial charge in [0.2, 0.25) is 0 Å². The molecule has 0 saturated carbocycles. The molecule has 1 atom stereocenters. The van der Waals surface area contributed by atoms with E-state index in [1.165, 1.54) is 10.8 Å². The van der Waals surface area contributed by atoms with E-state index in [2.05, 4.69) is 19.6 Å². The molecule has 0 spiro atoms. The Balaban J connectivity index is 2.30. The summed E-state index contributed by atoms with van der Waals surface area (Å²) in [7, 11) is 0.505. The number of likely N-dealkylation sites (N-methyl/N-ethyl adjacent to an activating group) is 1. The third kappa shape index (κ3) is 5.01. The first-order chi connectivity index (χ1) is 12.1. The van der Waals surface area contributed by atoms with E-state index in [0.29, 0.717) is 18.7 Å². The average molecular weight is 384 g/mol. The molecule has 26 heavy (non-hydrogen) atoms. The molecule has 1 aliphatic rings. The largest absolute Gasteiger partial charge is 0.392 e. The van der Waals surface area contributed by atoms with Crippen LogP contribution in [-0.2, 0) is 16.3 Å². The fraction of sp³-hybridized carbons (Fsp3) is 0.647. The molecule has 1 aromatic heterocycles. The van der Waals surface area contributed by atoms with Crippen LogP contribution >= 0.6 is 0 Å². The van der Waals surface area contributed by atoms with E-state index < -0.39 is 20.0 Å². The standard InChI is InChI=1S/C17H29N3O5Si/c1-13-10-19(16-14(6-7-21)11-18(2)25-16)17(23)20(15(13)22)12-24-8-9-26(3,4)5/h6,10,16,21H,7-9,11-12H2,1-5H3/b14-6-. The molecule has 2 heterocycles. The average Bonchev–Trinajstić information content (AvgIpc) is 2.90. The molecule has 1 N–H and O–H groups in total. The van der Waals surface area contributed by atoms with E-state index in [9.17, 15) is 14.7 Å². The first-order valence-electron chi connectivity index (χ1n) is 8.72. The molecule has 0 bridgehead atoms. The summed E-state index contributed by atoms with van der Waals surface area (Å²) in [6.07, 6.45) is 2.45. The molecule has 1 unspecified atom stereocenters. The number of hydrogen-bond acceptors (Lipinski definition) is 6. The molecule has 0 radical (unpaired) electrons. The van der Waals surface area contributed by atoms with Crippen molar-refractivity contribution in [2.45, 2.75) is 45.6 Å². The lowest BCUT2D eigenvalue weighted by atomic mass is 10.2.